The van der Waals surface area contributed by atoms with Crippen LogP contribution in [0.4, 0.5) is 11.5 Å². The van der Waals surface area contributed by atoms with E-state index in [0.717, 1.165) is 5.69 Å². The minimum Gasteiger partial charge on any atom is -0.339 e. The van der Waals surface area contributed by atoms with Gasteiger partial charge in [0.25, 0.3) is 5.91 Å². The highest BCUT2D eigenvalue weighted by Crippen LogP contribution is 2.26. The number of carbonyl (C=O) groups is 1. The highest BCUT2D eigenvalue weighted by Gasteiger charge is 2.14. The third kappa shape index (κ3) is 3.87. The zero-order valence-corrected chi connectivity index (χ0v) is 13.8. The molecule has 0 bridgehead atoms. The highest BCUT2D eigenvalue weighted by molar-refractivity contribution is 6.42. The predicted octanol–water partition coefficient (Wildman–Crippen LogP) is 4.01. The maximum absolute atomic E-state index is 12.1. The fraction of sp³-hybridized carbons (Fsp3) is 0.267. The van der Waals surface area contributed by atoms with Crippen LogP contribution in [0.15, 0.2) is 30.3 Å². The van der Waals surface area contributed by atoms with Gasteiger partial charge in [-0.3, -0.25) is 4.79 Å². The number of halogens is 2. The van der Waals surface area contributed by atoms with Crippen LogP contribution in [0.2, 0.25) is 10.0 Å². The SMILES string of the molecule is CCN(CC)C(=O)c1ccc(Nc2ccc(Cl)c(Cl)c2)nn1. The predicted molar refractivity (Wildman–Crippen MR) is 89.0 cm³/mol. The molecule has 2 aromatic rings. The quantitative estimate of drug-likeness (QED) is 0.894. The van der Waals surface area contributed by atoms with Gasteiger partial charge in [0, 0.05) is 18.8 Å². The average molecular weight is 339 g/mol. The Morgan fingerprint density at radius 3 is 2.36 bits per heavy atom. The van der Waals surface area contributed by atoms with Gasteiger partial charge in [-0.15, -0.1) is 10.2 Å². The second-order valence-electron chi connectivity index (χ2n) is 4.54. The van der Waals surface area contributed by atoms with E-state index in [1.54, 1.807) is 35.2 Å². The van der Waals surface area contributed by atoms with Crippen molar-refractivity contribution in [1.82, 2.24) is 15.1 Å². The summed E-state index contributed by atoms with van der Waals surface area (Å²) < 4.78 is 0. The van der Waals surface area contributed by atoms with Gasteiger partial charge < -0.3 is 10.2 Å². The molecule has 0 radical (unpaired) electrons. The van der Waals surface area contributed by atoms with E-state index in [1.165, 1.54) is 0 Å². The van der Waals surface area contributed by atoms with Crippen molar-refractivity contribution in [3.05, 3.63) is 46.1 Å². The summed E-state index contributed by atoms with van der Waals surface area (Å²) in [7, 11) is 0. The maximum atomic E-state index is 12.1. The van der Waals surface area contributed by atoms with Gasteiger partial charge in [-0.2, -0.15) is 0 Å². The third-order valence-corrected chi connectivity index (χ3v) is 3.87. The number of rotatable bonds is 5. The van der Waals surface area contributed by atoms with Gasteiger partial charge in [0.05, 0.1) is 10.0 Å². The molecule has 2 rings (SSSR count). The van der Waals surface area contributed by atoms with Crippen LogP contribution in [-0.2, 0) is 0 Å². The average Bonchev–Trinajstić information content (AvgIpc) is 2.53. The Morgan fingerprint density at radius 1 is 1.09 bits per heavy atom. The van der Waals surface area contributed by atoms with Crippen LogP contribution < -0.4 is 5.32 Å². The topological polar surface area (TPSA) is 58.1 Å². The molecule has 1 aromatic carbocycles. The smallest absolute Gasteiger partial charge is 0.274 e. The van der Waals surface area contributed by atoms with Crippen LogP contribution in [0.1, 0.15) is 24.3 Å². The summed E-state index contributed by atoms with van der Waals surface area (Å²) in [6, 6.07) is 8.52. The number of anilines is 2. The molecule has 116 valence electrons. The van der Waals surface area contributed by atoms with Crippen molar-refractivity contribution in [1.29, 1.82) is 0 Å². The van der Waals surface area contributed by atoms with Crippen LogP contribution in [0.3, 0.4) is 0 Å². The van der Waals surface area contributed by atoms with E-state index in [1.807, 2.05) is 13.8 Å². The first-order valence-electron chi connectivity index (χ1n) is 6.90. The standard InChI is InChI=1S/C15H16Cl2N4O/c1-3-21(4-2)15(22)13-7-8-14(20-19-13)18-10-5-6-11(16)12(17)9-10/h5-9H,3-4H2,1-2H3,(H,18,20). The van der Waals surface area contributed by atoms with Gasteiger partial charge in [-0.05, 0) is 44.2 Å². The van der Waals surface area contributed by atoms with Crippen molar-refractivity contribution in [2.45, 2.75) is 13.8 Å². The summed E-state index contributed by atoms with van der Waals surface area (Å²) >= 11 is 11.8. The summed E-state index contributed by atoms with van der Waals surface area (Å²) in [6.45, 7) is 5.13. The molecule has 22 heavy (non-hydrogen) atoms. The Hall–Kier alpha value is -1.85. The Labute approximate surface area is 139 Å². The minimum atomic E-state index is -0.126. The molecule has 7 heteroatoms. The molecule has 0 unspecified atom stereocenters. The van der Waals surface area contributed by atoms with Crippen molar-refractivity contribution in [2.75, 3.05) is 18.4 Å². The summed E-state index contributed by atoms with van der Waals surface area (Å²) in [5, 5.41) is 12.0. The van der Waals surface area contributed by atoms with Crippen molar-refractivity contribution >= 4 is 40.6 Å². The number of aromatic nitrogens is 2. The highest BCUT2D eigenvalue weighted by atomic mass is 35.5. The van der Waals surface area contributed by atoms with Gasteiger partial charge in [0.2, 0.25) is 0 Å². The molecule has 1 N–H and O–H groups in total. The first-order chi connectivity index (χ1) is 10.5. The van der Waals surface area contributed by atoms with Crippen LogP contribution in [-0.4, -0.2) is 34.1 Å². The maximum Gasteiger partial charge on any atom is 0.274 e. The Balaban J connectivity index is 2.11. The Kier molecular flexibility index (Phi) is 5.57. The van der Waals surface area contributed by atoms with E-state index in [4.69, 9.17) is 23.2 Å². The van der Waals surface area contributed by atoms with E-state index in [9.17, 15) is 4.79 Å². The lowest BCUT2D eigenvalue weighted by Gasteiger charge is -2.17. The summed E-state index contributed by atoms with van der Waals surface area (Å²) in [4.78, 5) is 13.8. The molecule has 0 saturated carbocycles. The number of hydrogen-bond acceptors (Lipinski definition) is 4. The summed E-state index contributed by atoms with van der Waals surface area (Å²) in [6.07, 6.45) is 0. The fourth-order valence-electron chi connectivity index (χ4n) is 1.91. The van der Waals surface area contributed by atoms with E-state index < -0.39 is 0 Å². The summed E-state index contributed by atoms with van der Waals surface area (Å²) in [5.74, 6) is 0.396. The minimum absolute atomic E-state index is 0.126. The number of amides is 1. The molecule has 0 aliphatic carbocycles. The zero-order valence-electron chi connectivity index (χ0n) is 12.3. The van der Waals surface area contributed by atoms with Gasteiger partial charge in [-0.25, -0.2) is 0 Å². The largest absolute Gasteiger partial charge is 0.339 e. The lowest BCUT2D eigenvalue weighted by atomic mass is 10.3. The van der Waals surface area contributed by atoms with Gasteiger partial charge in [-0.1, -0.05) is 23.2 Å². The molecule has 1 heterocycles. The molecular weight excluding hydrogens is 323 g/mol. The van der Waals surface area contributed by atoms with E-state index in [-0.39, 0.29) is 5.91 Å². The number of carbonyl (C=O) groups excluding carboxylic acids is 1. The second kappa shape index (κ2) is 7.42. The van der Waals surface area contributed by atoms with Crippen LogP contribution in [0.25, 0.3) is 0 Å². The molecule has 5 nitrogen and oxygen atoms in total. The van der Waals surface area contributed by atoms with Crippen LogP contribution in [0, 0.1) is 0 Å². The first kappa shape index (κ1) is 16.5. The van der Waals surface area contributed by atoms with Crippen molar-refractivity contribution in [3.8, 4) is 0 Å². The lowest BCUT2D eigenvalue weighted by molar-refractivity contribution is 0.0766. The molecule has 0 saturated heterocycles. The number of hydrogen-bond donors (Lipinski definition) is 1. The molecule has 0 aliphatic heterocycles. The Morgan fingerprint density at radius 2 is 1.82 bits per heavy atom. The monoisotopic (exact) mass is 338 g/mol. The Bertz CT molecular complexity index is 657. The summed E-state index contributed by atoms with van der Waals surface area (Å²) in [5.41, 5.74) is 1.06. The molecule has 0 atom stereocenters. The van der Waals surface area contributed by atoms with Crippen molar-refractivity contribution < 1.29 is 4.79 Å². The fourth-order valence-corrected chi connectivity index (χ4v) is 2.21. The van der Waals surface area contributed by atoms with E-state index in [2.05, 4.69) is 15.5 Å². The third-order valence-electron chi connectivity index (χ3n) is 3.13. The van der Waals surface area contributed by atoms with Crippen LogP contribution in [0.5, 0.6) is 0 Å². The van der Waals surface area contributed by atoms with Gasteiger partial charge >= 0.3 is 0 Å². The molecule has 1 amide bonds. The second-order valence-corrected chi connectivity index (χ2v) is 5.35. The van der Waals surface area contributed by atoms with Crippen LogP contribution >= 0.6 is 23.2 Å². The van der Waals surface area contributed by atoms with Crippen molar-refractivity contribution in [3.63, 3.8) is 0 Å². The first-order valence-corrected chi connectivity index (χ1v) is 7.65. The lowest BCUT2D eigenvalue weighted by Crippen LogP contribution is -2.31. The number of nitrogens with zero attached hydrogens (tertiary/aromatic N) is 3. The molecule has 0 spiro atoms. The molecule has 0 fully saturated rings. The van der Waals surface area contributed by atoms with Gasteiger partial charge in [0.15, 0.2) is 11.5 Å². The normalized spacial score (nSPS) is 10.4. The van der Waals surface area contributed by atoms with E-state index in [0.29, 0.717) is 34.6 Å². The van der Waals surface area contributed by atoms with Crippen molar-refractivity contribution in [2.24, 2.45) is 0 Å². The zero-order chi connectivity index (χ0) is 16.1. The molecule has 0 aliphatic rings. The molecule has 1 aromatic heterocycles. The van der Waals surface area contributed by atoms with Gasteiger partial charge in [0.1, 0.15) is 0 Å². The molecular formula is C15H16Cl2N4O. The number of benzene rings is 1. The van der Waals surface area contributed by atoms with E-state index >= 15 is 0 Å². The number of nitrogens with one attached hydrogen (secondary N) is 1.